The highest BCUT2D eigenvalue weighted by atomic mass is 19.4. The summed E-state index contributed by atoms with van der Waals surface area (Å²) < 4.78 is 40.0. The average molecular weight is 426 g/mol. The zero-order chi connectivity index (χ0) is 22.2. The highest BCUT2D eigenvalue weighted by molar-refractivity contribution is 5.93. The number of fused-ring (bicyclic) bond motifs is 1. The Balaban J connectivity index is 1.69. The van der Waals surface area contributed by atoms with Gasteiger partial charge in [-0.2, -0.15) is 13.2 Å². The summed E-state index contributed by atoms with van der Waals surface area (Å²) in [6, 6.07) is 11.9. The average Bonchev–Trinajstić information content (AvgIpc) is 2.73. The van der Waals surface area contributed by atoms with Gasteiger partial charge in [-0.25, -0.2) is 0 Å². The minimum Gasteiger partial charge on any atom is -0.378 e. The molecule has 1 aromatic heterocycles. The Kier molecular flexibility index (Phi) is 5.62. The molecule has 3 aromatic rings. The summed E-state index contributed by atoms with van der Waals surface area (Å²) in [7, 11) is 0. The van der Waals surface area contributed by atoms with Gasteiger partial charge in [-0.15, -0.1) is 0 Å². The van der Waals surface area contributed by atoms with Gasteiger partial charge >= 0.3 is 6.18 Å². The lowest BCUT2D eigenvalue weighted by Gasteiger charge is -2.31. The van der Waals surface area contributed by atoms with Gasteiger partial charge in [0.05, 0.1) is 11.1 Å². The zero-order valence-corrected chi connectivity index (χ0v) is 17.6. The molecular weight excluding hydrogens is 401 g/mol. The maximum atomic E-state index is 13.3. The van der Waals surface area contributed by atoms with Crippen LogP contribution in [0.15, 0.2) is 60.9 Å². The van der Waals surface area contributed by atoms with Crippen LogP contribution >= 0.6 is 0 Å². The highest BCUT2D eigenvalue weighted by Crippen LogP contribution is 2.36. The molecule has 2 aromatic carbocycles. The lowest BCUT2D eigenvalue weighted by molar-refractivity contribution is -0.138. The Morgan fingerprint density at radius 1 is 1.19 bits per heavy atom. The number of pyridine rings is 1. The monoisotopic (exact) mass is 426 g/mol. The van der Waals surface area contributed by atoms with Crippen molar-refractivity contribution in [3.8, 4) is 0 Å². The number of alkyl halides is 3. The van der Waals surface area contributed by atoms with E-state index in [0.29, 0.717) is 5.56 Å². The van der Waals surface area contributed by atoms with E-state index in [0.717, 1.165) is 53.7 Å². The van der Waals surface area contributed by atoms with Gasteiger partial charge in [0.1, 0.15) is 0 Å². The summed E-state index contributed by atoms with van der Waals surface area (Å²) in [6.45, 7) is 9.98. The minimum absolute atomic E-state index is 0.242. The molecule has 0 bridgehead atoms. The quantitative estimate of drug-likeness (QED) is 0.565. The molecular formula is C24H25F3N4. The molecule has 0 radical (unpaired) electrons. The second kappa shape index (κ2) is 8.23. The first kappa shape index (κ1) is 21.2. The highest BCUT2D eigenvalue weighted by Gasteiger charge is 2.33. The number of piperazine rings is 1. The van der Waals surface area contributed by atoms with Crippen LogP contribution in [0.5, 0.6) is 0 Å². The molecule has 2 N–H and O–H groups in total. The van der Waals surface area contributed by atoms with Crippen molar-refractivity contribution in [2.45, 2.75) is 26.1 Å². The number of hydrogen-bond acceptors (Lipinski definition) is 4. The van der Waals surface area contributed by atoms with Gasteiger partial charge in [-0.05, 0) is 55.3 Å². The minimum atomic E-state index is -4.37. The Hall–Kier alpha value is -3.06. The van der Waals surface area contributed by atoms with Crippen LogP contribution in [-0.4, -0.2) is 24.6 Å². The second-order valence-electron chi connectivity index (χ2n) is 7.84. The van der Waals surface area contributed by atoms with E-state index in [4.69, 9.17) is 0 Å². The van der Waals surface area contributed by atoms with Crippen LogP contribution in [0, 0.1) is 6.92 Å². The zero-order valence-electron chi connectivity index (χ0n) is 17.6. The third-order valence-corrected chi connectivity index (χ3v) is 5.78. The standard InChI is InChI=1S/C24H25F3N4/c1-15-14-28-11-12-31(15)18-7-8-22-20(13-18)23(9-10-29-22)30-17(3)19-5-4-6-21(16(19)2)24(25,26)27/h4-10,13,17,28H,1,11-12,14H2,2-3H3,(H,29,30)/t17-/m1/s1. The molecule has 0 spiro atoms. The van der Waals surface area contributed by atoms with Crippen LogP contribution < -0.4 is 15.5 Å². The van der Waals surface area contributed by atoms with Crippen molar-refractivity contribution in [3.05, 3.63) is 77.6 Å². The molecule has 1 atom stereocenters. The molecule has 0 unspecified atom stereocenters. The maximum absolute atomic E-state index is 13.3. The summed E-state index contributed by atoms with van der Waals surface area (Å²) in [5.74, 6) is 0. The van der Waals surface area contributed by atoms with Gasteiger partial charge in [0, 0.05) is 54.3 Å². The summed E-state index contributed by atoms with van der Waals surface area (Å²) in [4.78, 5) is 6.62. The van der Waals surface area contributed by atoms with E-state index in [-0.39, 0.29) is 11.6 Å². The molecule has 31 heavy (non-hydrogen) atoms. The van der Waals surface area contributed by atoms with E-state index >= 15 is 0 Å². The summed E-state index contributed by atoms with van der Waals surface area (Å²) in [5, 5.41) is 7.62. The molecule has 0 amide bonds. The van der Waals surface area contributed by atoms with Gasteiger partial charge in [-0.3, -0.25) is 4.98 Å². The summed E-state index contributed by atoms with van der Waals surface area (Å²) in [6.07, 6.45) is -2.66. The lowest BCUT2D eigenvalue weighted by atomic mass is 9.97. The lowest BCUT2D eigenvalue weighted by Crippen LogP contribution is -2.41. The predicted molar refractivity (Wildman–Crippen MR) is 119 cm³/mol. The van der Waals surface area contributed by atoms with Crippen molar-refractivity contribution in [1.82, 2.24) is 10.3 Å². The van der Waals surface area contributed by atoms with Crippen molar-refractivity contribution in [1.29, 1.82) is 0 Å². The molecule has 4 nitrogen and oxygen atoms in total. The first-order chi connectivity index (χ1) is 14.8. The van der Waals surface area contributed by atoms with Gasteiger partial charge < -0.3 is 15.5 Å². The number of hydrogen-bond donors (Lipinski definition) is 2. The fraction of sp³-hybridized carbons (Fsp3) is 0.292. The van der Waals surface area contributed by atoms with E-state index in [1.54, 1.807) is 12.3 Å². The van der Waals surface area contributed by atoms with E-state index in [2.05, 4.69) is 33.2 Å². The molecule has 7 heteroatoms. The molecule has 0 aliphatic carbocycles. The fourth-order valence-corrected chi connectivity index (χ4v) is 4.16. The van der Waals surface area contributed by atoms with Crippen molar-refractivity contribution in [2.75, 3.05) is 29.9 Å². The van der Waals surface area contributed by atoms with Crippen molar-refractivity contribution >= 4 is 22.3 Å². The topological polar surface area (TPSA) is 40.2 Å². The second-order valence-corrected chi connectivity index (χ2v) is 7.84. The Labute approximate surface area is 179 Å². The number of halogens is 3. The predicted octanol–water partition coefficient (Wildman–Crippen LogP) is 5.66. The van der Waals surface area contributed by atoms with Crippen LogP contribution in [0.1, 0.15) is 29.7 Å². The van der Waals surface area contributed by atoms with Crippen LogP contribution in [0.3, 0.4) is 0 Å². The van der Waals surface area contributed by atoms with E-state index < -0.39 is 11.7 Å². The van der Waals surface area contributed by atoms with Crippen LogP contribution in [-0.2, 0) is 6.18 Å². The number of nitrogens with one attached hydrogen (secondary N) is 2. The first-order valence-corrected chi connectivity index (χ1v) is 10.2. The summed E-state index contributed by atoms with van der Waals surface area (Å²) >= 11 is 0. The molecule has 162 valence electrons. The van der Waals surface area contributed by atoms with E-state index in [9.17, 15) is 13.2 Å². The molecule has 0 saturated carbocycles. The molecule has 1 saturated heterocycles. The fourth-order valence-electron chi connectivity index (χ4n) is 4.16. The van der Waals surface area contributed by atoms with Gasteiger partial charge in [0.25, 0.3) is 0 Å². The van der Waals surface area contributed by atoms with Crippen LogP contribution in [0.4, 0.5) is 24.5 Å². The summed E-state index contributed by atoms with van der Waals surface area (Å²) in [5.41, 5.74) is 3.93. The number of benzene rings is 2. The number of rotatable bonds is 4. The number of aromatic nitrogens is 1. The molecule has 4 rings (SSSR count). The largest absolute Gasteiger partial charge is 0.416 e. The smallest absolute Gasteiger partial charge is 0.378 e. The van der Waals surface area contributed by atoms with Crippen molar-refractivity contribution in [2.24, 2.45) is 0 Å². The molecule has 2 heterocycles. The van der Waals surface area contributed by atoms with Gasteiger partial charge in [-0.1, -0.05) is 18.7 Å². The molecule has 1 fully saturated rings. The molecule has 1 aliphatic rings. The van der Waals surface area contributed by atoms with Crippen LogP contribution in [0.25, 0.3) is 10.9 Å². The Bertz CT molecular complexity index is 1120. The maximum Gasteiger partial charge on any atom is 0.416 e. The van der Waals surface area contributed by atoms with E-state index in [1.165, 1.54) is 13.0 Å². The Morgan fingerprint density at radius 2 is 2.00 bits per heavy atom. The third kappa shape index (κ3) is 4.23. The third-order valence-electron chi connectivity index (χ3n) is 5.78. The van der Waals surface area contributed by atoms with E-state index in [1.807, 2.05) is 25.1 Å². The SMILES string of the molecule is C=C1CNCCN1c1ccc2nccc(N[C@H](C)c3cccc(C(F)(F)F)c3C)c2c1. The van der Waals surface area contributed by atoms with Gasteiger partial charge in [0.2, 0.25) is 0 Å². The number of nitrogens with zero attached hydrogens (tertiary/aromatic N) is 2. The first-order valence-electron chi connectivity index (χ1n) is 10.2. The molecule has 1 aliphatic heterocycles. The van der Waals surface area contributed by atoms with Crippen LogP contribution in [0.2, 0.25) is 0 Å². The van der Waals surface area contributed by atoms with Crippen molar-refractivity contribution < 1.29 is 13.2 Å². The van der Waals surface area contributed by atoms with Crippen molar-refractivity contribution in [3.63, 3.8) is 0 Å². The van der Waals surface area contributed by atoms with Gasteiger partial charge in [0.15, 0.2) is 0 Å². The number of anilines is 2. The normalized spacial score (nSPS) is 15.9. The Morgan fingerprint density at radius 3 is 2.74 bits per heavy atom.